The van der Waals surface area contributed by atoms with Crippen LogP contribution in [0.1, 0.15) is 39.9 Å². The van der Waals surface area contributed by atoms with E-state index in [4.69, 9.17) is 4.74 Å². The number of pyridine rings is 1. The molecule has 0 aliphatic carbocycles. The number of aldehydes is 1. The Hall–Kier alpha value is -4.11. The summed E-state index contributed by atoms with van der Waals surface area (Å²) in [6.45, 7) is 5.17. The van der Waals surface area contributed by atoms with E-state index in [2.05, 4.69) is 42.8 Å². The van der Waals surface area contributed by atoms with Gasteiger partial charge in [-0.1, -0.05) is 42.2 Å². The highest BCUT2D eigenvalue weighted by atomic mass is 16.5. The van der Waals surface area contributed by atoms with Crippen LogP contribution in [0.25, 0.3) is 22.4 Å². The smallest absolute Gasteiger partial charge is 0.407 e. The summed E-state index contributed by atoms with van der Waals surface area (Å²) in [5, 5.41) is 9.28. The van der Waals surface area contributed by atoms with Crippen LogP contribution in [-0.2, 0) is 0 Å². The standard InChI is InChI=1S/C29H28N2O4/c1-19-22(13-12-21-7-6-16-31(17-21)29(33)34)8-4-9-24(19)25-10-5-11-26(20(25)2)27-15-14-23(18-32)28(30-27)35-3/h4-5,8-11,14-15,18,21H,6-7,16-17H2,1-3H3,(H,33,34). The Balaban J connectivity index is 1.68. The predicted octanol–water partition coefficient (Wildman–Crippen LogP) is 5.60. The second-order valence-corrected chi connectivity index (χ2v) is 8.71. The van der Waals surface area contributed by atoms with Gasteiger partial charge in [-0.2, -0.15) is 0 Å². The summed E-state index contributed by atoms with van der Waals surface area (Å²) in [7, 11) is 1.50. The maximum atomic E-state index is 11.3. The van der Waals surface area contributed by atoms with E-state index in [0.717, 1.165) is 58.2 Å². The molecule has 2 heterocycles. The third kappa shape index (κ3) is 5.04. The van der Waals surface area contributed by atoms with E-state index < -0.39 is 6.09 Å². The van der Waals surface area contributed by atoms with Crippen LogP contribution in [0.3, 0.4) is 0 Å². The van der Waals surface area contributed by atoms with E-state index in [1.807, 2.05) is 30.3 Å². The molecule has 0 radical (unpaired) electrons. The Morgan fingerprint density at radius 2 is 1.80 bits per heavy atom. The Morgan fingerprint density at radius 1 is 1.09 bits per heavy atom. The van der Waals surface area contributed by atoms with Gasteiger partial charge >= 0.3 is 6.09 Å². The summed E-state index contributed by atoms with van der Waals surface area (Å²) in [6, 6.07) is 15.7. The fourth-order valence-corrected chi connectivity index (χ4v) is 4.57. The first-order valence-corrected chi connectivity index (χ1v) is 11.6. The number of aromatic nitrogens is 1. The van der Waals surface area contributed by atoms with Gasteiger partial charge in [-0.05, 0) is 67.1 Å². The summed E-state index contributed by atoms with van der Waals surface area (Å²) in [6.07, 6.45) is 1.61. The van der Waals surface area contributed by atoms with Gasteiger partial charge in [0.25, 0.3) is 0 Å². The molecule has 3 aromatic rings. The summed E-state index contributed by atoms with van der Waals surface area (Å²) in [5.74, 6) is 6.97. The van der Waals surface area contributed by atoms with Gasteiger partial charge < -0.3 is 14.7 Å². The number of amides is 1. The number of likely N-dealkylation sites (tertiary alicyclic amines) is 1. The Labute approximate surface area is 205 Å². The van der Waals surface area contributed by atoms with Crippen LogP contribution in [0.5, 0.6) is 5.88 Å². The molecule has 6 heteroatoms. The van der Waals surface area contributed by atoms with Crippen LogP contribution < -0.4 is 4.74 Å². The SMILES string of the molecule is COc1nc(-c2cccc(-c3cccc(C#CC4CCCN(C(=O)O)C4)c3C)c2C)ccc1C=O. The second-order valence-electron chi connectivity index (χ2n) is 8.71. The average molecular weight is 469 g/mol. The molecule has 1 fully saturated rings. The molecule has 0 spiro atoms. The molecule has 178 valence electrons. The van der Waals surface area contributed by atoms with Gasteiger partial charge in [0.05, 0.1) is 18.4 Å². The lowest BCUT2D eigenvalue weighted by Gasteiger charge is -2.27. The summed E-state index contributed by atoms with van der Waals surface area (Å²) < 4.78 is 5.29. The molecule has 2 aromatic carbocycles. The predicted molar refractivity (Wildman–Crippen MR) is 136 cm³/mol. The highest BCUT2D eigenvalue weighted by molar-refractivity contribution is 5.82. The molecule has 1 atom stereocenters. The Bertz CT molecular complexity index is 1340. The number of carbonyl (C=O) groups excluding carboxylic acids is 1. The number of hydrogen-bond acceptors (Lipinski definition) is 4. The molecule has 1 amide bonds. The van der Waals surface area contributed by atoms with Crippen LogP contribution in [0.2, 0.25) is 0 Å². The van der Waals surface area contributed by atoms with Crippen molar-refractivity contribution in [2.45, 2.75) is 26.7 Å². The topological polar surface area (TPSA) is 79.7 Å². The quantitative estimate of drug-likeness (QED) is 0.399. The lowest BCUT2D eigenvalue weighted by Crippen LogP contribution is -2.38. The molecule has 0 bridgehead atoms. The molecule has 0 saturated carbocycles. The van der Waals surface area contributed by atoms with Crippen LogP contribution in [0.15, 0.2) is 48.5 Å². The van der Waals surface area contributed by atoms with Crippen LogP contribution >= 0.6 is 0 Å². The summed E-state index contributed by atoms with van der Waals surface area (Å²) in [5.41, 5.74) is 7.37. The van der Waals surface area contributed by atoms with E-state index in [9.17, 15) is 14.7 Å². The minimum atomic E-state index is -0.877. The molecule has 1 unspecified atom stereocenters. The van der Waals surface area contributed by atoms with Crippen molar-refractivity contribution in [3.05, 3.63) is 70.8 Å². The van der Waals surface area contributed by atoms with E-state index in [1.165, 1.54) is 12.0 Å². The molecular formula is C29H28N2O4. The van der Waals surface area contributed by atoms with Crippen molar-refractivity contribution in [2.75, 3.05) is 20.2 Å². The first-order chi connectivity index (χ1) is 16.9. The molecule has 4 rings (SSSR count). The number of nitrogens with zero attached hydrogens (tertiary/aromatic N) is 2. The number of carboxylic acid groups (broad SMARTS) is 1. The maximum absolute atomic E-state index is 11.3. The minimum absolute atomic E-state index is 0.0448. The normalized spacial score (nSPS) is 15.2. The van der Waals surface area contributed by atoms with Crippen molar-refractivity contribution in [1.82, 2.24) is 9.88 Å². The van der Waals surface area contributed by atoms with E-state index in [0.29, 0.717) is 24.5 Å². The van der Waals surface area contributed by atoms with Gasteiger partial charge in [0.15, 0.2) is 6.29 Å². The maximum Gasteiger partial charge on any atom is 0.407 e. The van der Waals surface area contributed by atoms with Crippen molar-refractivity contribution in [2.24, 2.45) is 5.92 Å². The molecule has 1 saturated heterocycles. The van der Waals surface area contributed by atoms with Crippen LogP contribution in [-0.4, -0.2) is 47.6 Å². The molecule has 6 nitrogen and oxygen atoms in total. The first kappa shape index (κ1) is 24.0. The van der Waals surface area contributed by atoms with Crippen molar-refractivity contribution < 1.29 is 19.4 Å². The van der Waals surface area contributed by atoms with Gasteiger partial charge in [0, 0.05) is 30.1 Å². The largest absolute Gasteiger partial charge is 0.480 e. The van der Waals surface area contributed by atoms with Gasteiger partial charge in [-0.3, -0.25) is 4.79 Å². The van der Waals surface area contributed by atoms with Crippen molar-refractivity contribution >= 4 is 12.4 Å². The fraction of sp³-hybridized carbons (Fsp3) is 0.276. The monoisotopic (exact) mass is 468 g/mol. The zero-order valence-electron chi connectivity index (χ0n) is 20.2. The van der Waals surface area contributed by atoms with Crippen molar-refractivity contribution in [1.29, 1.82) is 0 Å². The number of methoxy groups -OCH3 is 1. The van der Waals surface area contributed by atoms with Crippen LogP contribution in [0.4, 0.5) is 4.79 Å². The number of rotatable bonds is 4. The van der Waals surface area contributed by atoms with Gasteiger partial charge in [0.1, 0.15) is 0 Å². The minimum Gasteiger partial charge on any atom is -0.480 e. The van der Waals surface area contributed by atoms with Gasteiger partial charge in [-0.25, -0.2) is 9.78 Å². The van der Waals surface area contributed by atoms with Gasteiger partial charge in [0.2, 0.25) is 5.88 Å². The Morgan fingerprint density at radius 3 is 2.51 bits per heavy atom. The fourth-order valence-electron chi connectivity index (χ4n) is 4.57. The second kappa shape index (κ2) is 10.4. The molecule has 1 aliphatic heterocycles. The molecule has 1 aromatic heterocycles. The molecule has 1 aliphatic rings. The van der Waals surface area contributed by atoms with Crippen LogP contribution in [0, 0.1) is 31.6 Å². The number of piperidine rings is 1. The highest BCUT2D eigenvalue weighted by Crippen LogP contribution is 2.34. The lowest BCUT2D eigenvalue weighted by atomic mass is 9.90. The average Bonchev–Trinajstić information content (AvgIpc) is 2.88. The Kier molecular flexibility index (Phi) is 7.17. The zero-order valence-corrected chi connectivity index (χ0v) is 20.2. The van der Waals surface area contributed by atoms with Crippen molar-refractivity contribution in [3.63, 3.8) is 0 Å². The molecule has 35 heavy (non-hydrogen) atoms. The first-order valence-electron chi connectivity index (χ1n) is 11.6. The van der Waals surface area contributed by atoms with E-state index in [-0.39, 0.29) is 5.92 Å². The number of hydrogen-bond donors (Lipinski definition) is 1. The van der Waals surface area contributed by atoms with E-state index in [1.54, 1.807) is 6.07 Å². The van der Waals surface area contributed by atoms with Gasteiger partial charge in [-0.15, -0.1) is 0 Å². The highest BCUT2D eigenvalue weighted by Gasteiger charge is 2.21. The number of ether oxygens (including phenoxy) is 1. The van der Waals surface area contributed by atoms with Crippen molar-refractivity contribution in [3.8, 4) is 40.1 Å². The molecule has 1 N–H and O–H groups in total. The summed E-state index contributed by atoms with van der Waals surface area (Å²) in [4.78, 5) is 28.6. The van der Waals surface area contributed by atoms with E-state index >= 15 is 0 Å². The number of benzene rings is 2. The zero-order chi connectivity index (χ0) is 24.9. The summed E-state index contributed by atoms with van der Waals surface area (Å²) >= 11 is 0. The molecular weight excluding hydrogens is 440 g/mol. The lowest BCUT2D eigenvalue weighted by molar-refractivity contribution is 0.111. The third-order valence-corrected chi connectivity index (χ3v) is 6.55. The third-order valence-electron chi connectivity index (χ3n) is 6.55. The number of carbonyl (C=O) groups is 2.